The molecule has 4 heteroatoms. The van der Waals surface area contributed by atoms with E-state index in [1.165, 1.54) is 83.0 Å². The van der Waals surface area contributed by atoms with E-state index in [1.54, 1.807) is 0 Å². The fourth-order valence-corrected chi connectivity index (χ4v) is 11.0. The summed E-state index contributed by atoms with van der Waals surface area (Å²) < 4.78 is 27.8. The van der Waals surface area contributed by atoms with Gasteiger partial charge in [0.25, 0.3) is 0 Å². The fourth-order valence-electron chi connectivity index (χ4n) is 11.0. The molecule has 0 heterocycles. The van der Waals surface area contributed by atoms with E-state index in [-0.39, 0.29) is 17.8 Å². The molecule has 3 saturated carbocycles. The summed E-state index contributed by atoms with van der Waals surface area (Å²) >= 11 is 0. The number of allylic oxidation sites excluding steroid dienone is 2. The third-order valence-electron chi connectivity index (χ3n) is 13.3. The molecule has 3 fully saturated rings. The molecular weight excluding hydrogens is 659 g/mol. The van der Waals surface area contributed by atoms with Gasteiger partial charge >= 0.3 is 5.97 Å². The highest BCUT2D eigenvalue weighted by Crippen LogP contribution is 2.72. The predicted molar refractivity (Wildman–Crippen MR) is 230 cm³/mol. The van der Waals surface area contributed by atoms with Crippen LogP contribution in [0.25, 0.3) is 5.57 Å². The molecule has 0 bridgehead atoms. The second-order valence-corrected chi connectivity index (χ2v) is 16.5. The van der Waals surface area contributed by atoms with Crippen LogP contribution >= 0.6 is 0 Å². The van der Waals surface area contributed by atoms with Crippen LogP contribution < -0.4 is 0 Å². The number of methoxy groups -OCH3 is 1. The number of benzene rings is 1. The van der Waals surface area contributed by atoms with Gasteiger partial charge in [-0.05, 0) is 133 Å². The number of ether oxygens (including phenoxy) is 1. The van der Waals surface area contributed by atoms with Gasteiger partial charge in [0.1, 0.15) is 0 Å². The molecule has 1 aromatic carbocycles. The SMILES string of the molecule is C#C.CC.CC.CC.CC.CCC(C)(F)F.CCCC1[C@H]2CCC3[C@@](C)(CCC4C(C)(C)C(c5ccc(C(=O)OC)cc5)=CC[C@@]43C)C2CCC1(C)C. The van der Waals surface area contributed by atoms with Crippen molar-refractivity contribution >= 4 is 11.5 Å². The molecule has 4 unspecified atom stereocenters. The van der Waals surface area contributed by atoms with Crippen LogP contribution in [0.3, 0.4) is 0 Å². The van der Waals surface area contributed by atoms with Crippen molar-refractivity contribution in [3.63, 3.8) is 0 Å². The van der Waals surface area contributed by atoms with Crippen molar-refractivity contribution in [2.24, 2.45) is 51.2 Å². The number of esters is 1. The molecule has 0 aliphatic heterocycles. The molecule has 0 amide bonds. The third-order valence-corrected chi connectivity index (χ3v) is 13.3. The van der Waals surface area contributed by atoms with E-state index in [2.05, 4.69) is 79.5 Å². The quantitative estimate of drug-likeness (QED) is 0.222. The number of carbonyl (C=O) groups excluding carboxylic acids is 1. The first-order valence-corrected chi connectivity index (χ1v) is 21.6. The number of halogens is 2. The van der Waals surface area contributed by atoms with Gasteiger partial charge in [0.2, 0.25) is 5.92 Å². The maximum atomic E-state index is 12.0. The van der Waals surface area contributed by atoms with Crippen LogP contribution in [0, 0.1) is 64.1 Å². The van der Waals surface area contributed by atoms with Gasteiger partial charge in [-0.15, -0.1) is 12.8 Å². The largest absolute Gasteiger partial charge is 0.465 e. The molecular formula is C49H86F2O2. The maximum absolute atomic E-state index is 12.0. The Morgan fingerprint density at radius 2 is 1.30 bits per heavy atom. The molecule has 5 rings (SSSR count). The van der Waals surface area contributed by atoms with E-state index in [9.17, 15) is 13.6 Å². The molecule has 0 radical (unpaired) electrons. The number of hydrogen-bond donors (Lipinski definition) is 0. The van der Waals surface area contributed by atoms with Gasteiger partial charge in [-0.1, -0.05) is 135 Å². The van der Waals surface area contributed by atoms with Crippen LogP contribution in [0.1, 0.15) is 198 Å². The summed E-state index contributed by atoms with van der Waals surface area (Å²) in [5, 5.41) is 0. The van der Waals surface area contributed by atoms with Gasteiger partial charge in [-0.2, -0.15) is 0 Å². The van der Waals surface area contributed by atoms with Crippen molar-refractivity contribution in [2.45, 2.75) is 188 Å². The highest BCUT2D eigenvalue weighted by Gasteiger charge is 2.64. The lowest BCUT2D eigenvalue weighted by atomic mass is 9.36. The lowest BCUT2D eigenvalue weighted by Gasteiger charge is -2.68. The lowest BCUT2D eigenvalue weighted by molar-refractivity contribution is -0.179. The van der Waals surface area contributed by atoms with Gasteiger partial charge in [0.05, 0.1) is 12.7 Å². The molecule has 4 aliphatic carbocycles. The molecule has 53 heavy (non-hydrogen) atoms. The summed E-state index contributed by atoms with van der Waals surface area (Å²) in [7, 11) is 1.45. The highest BCUT2D eigenvalue weighted by molar-refractivity contribution is 5.89. The smallest absolute Gasteiger partial charge is 0.337 e. The van der Waals surface area contributed by atoms with Gasteiger partial charge in [-0.3, -0.25) is 0 Å². The lowest BCUT2D eigenvalue weighted by Crippen LogP contribution is -2.61. The number of fused-ring (bicyclic) bond motifs is 5. The molecule has 0 saturated heterocycles. The molecule has 308 valence electrons. The van der Waals surface area contributed by atoms with Crippen LogP contribution in [0.15, 0.2) is 30.3 Å². The molecule has 4 aliphatic rings. The zero-order valence-electron chi connectivity index (χ0n) is 38.1. The van der Waals surface area contributed by atoms with E-state index in [4.69, 9.17) is 4.74 Å². The number of rotatable bonds is 5. The summed E-state index contributed by atoms with van der Waals surface area (Å²) in [6.07, 6.45) is 23.0. The Morgan fingerprint density at radius 1 is 0.792 bits per heavy atom. The normalized spacial score (nSPS) is 29.8. The van der Waals surface area contributed by atoms with Crippen molar-refractivity contribution in [3.05, 3.63) is 41.5 Å². The number of hydrogen-bond acceptors (Lipinski definition) is 2. The zero-order valence-corrected chi connectivity index (χ0v) is 38.1. The standard InChI is InChI=1S/C35H52O2.C4H8F2.4C2H6.C2H2/c1-9-10-27-25-15-16-30-34(6,28(25)17-20-32(27,2)3)22-19-29-33(4,5)26(18-21-35(29,30)7)23-11-13-24(14-12-23)31(36)37-8;1-3-4(2,5)6;5*1-2/h11-14,18,25,27-30H,9-10,15-17,19-22H2,1-8H3;3H2,1-2H3;4*1-2H3;1-2H/t25-,27?,28?,29?,30?,34+,35+;;;;;;/m1....../s1. The maximum Gasteiger partial charge on any atom is 0.337 e. The van der Waals surface area contributed by atoms with Crippen LogP contribution in [0.5, 0.6) is 0 Å². The molecule has 7 atom stereocenters. The monoisotopic (exact) mass is 745 g/mol. The Bertz CT molecular complexity index is 1200. The predicted octanol–water partition coefficient (Wildman–Crippen LogP) is 16.0. The highest BCUT2D eigenvalue weighted by atomic mass is 19.3. The van der Waals surface area contributed by atoms with E-state index in [1.807, 2.05) is 67.5 Å². The molecule has 0 aromatic heterocycles. The summed E-state index contributed by atoms with van der Waals surface area (Å²) in [6.45, 7) is 36.3. The van der Waals surface area contributed by atoms with Crippen molar-refractivity contribution in [3.8, 4) is 12.8 Å². The van der Waals surface area contributed by atoms with E-state index >= 15 is 0 Å². The summed E-state index contributed by atoms with van der Waals surface area (Å²) in [5.41, 5.74) is 4.86. The van der Waals surface area contributed by atoms with Crippen molar-refractivity contribution in [1.29, 1.82) is 0 Å². The van der Waals surface area contributed by atoms with Crippen molar-refractivity contribution in [1.82, 2.24) is 0 Å². The zero-order chi connectivity index (χ0) is 42.0. The van der Waals surface area contributed by atoms with E-state index in [0.29, 0.717) is 27.7 Å². The van der Waals surface area contributed by atoms with Crippen molar-refractivity contribution < 1.29 is 18.3 Å². The number of carbonyl (C=O) groups is 1. The minimum Gasteiger partial charge on any atom is -0.465 e. The number of alkyl halides is 2. The fraction of sp³-hybridized carbons (Fsp3) is 0.776. The summed E-state index contributed by atoms with van der Waals surface area (Å²) in [6, 6.07) is 8.14. The molecule has 1 aromatic rings. The van der Waals surface area contributed by atoms with Crippen LogP contribution in [-0.2, 0) is 4.74 Å². The van der Waals surface area contributed by atoms with Crippen LogP contribution in [-0.4, -0.2) is 19.0 Å². The van der Waals surface area contributed by atoms with Crippen molar-refractivity contribution in [2.75, 3.05) is 7.11 Å². The Kier molecular flexibility index (Phi) is 23.7. The first-order valence-electron chi connectivity index (χ1n) is 21.6. The second-order valence-electron chi connectivity index (χ2n) is 16.5. The Hall–Kier alpha value is -2.15. The summed E-state index contributed by atoms with van der Waals surface area (Å²) in [4.78, 5) is 12.0. The van der Waals surface area contributed by atoms with Gasteiger partial charge in [0.15, 0.2) is 0 Å². The first-order chi connectivity index (χ1) is 25.0. The minimum atomic E-state index is -2.46. The Labute approximate surface area is 329 Å². The van der Waals surface area contributed by atoms with Crippen LogP contribution in [0.2, 0.25) is 0 Å². The third kappa shape index (κ3) is 12.2. The topological polar surface area (TPSA) is 26.3 Å². The van der Waals surface area contributed by atoms with Gasteiger partial charge in [0, 0.05) is 6.42 Å². The average molecular weight is 745 g/mol. The Balaban J connectivity index is 0. The van der Waals surface area contributed by atoms with E-state index < -0.39 is 5.92 Å². The Morgan fingerprint density at radius 3 is 1.75 bits per heavy atom. The average Bonchev–Trinajstić information content (AvgIpc) is 3.16. The number of terminal acetylenes is 1. The van der Waals surface area contributed by atoms with Gasteiger partial charge < -0.3 is 4.74 Å². The van der Waals surface area contributed by atoms with Crippen LogP contribution in [0.4, 0.5) is 8.78 Å². The molecule has 0 spiro atoms. The molecule has 0 N–H and O–H groups in total. The summed E-state index contributed by atoms with van der Waals surface area (Å²) in [5.74, 6) is 1.55. The van der Waals surface area contributed by atoms with Gasteiger partial charge in [-0.25, -0.2) is 13.6 Å². The molecule has 2 nitrogen and oxygen atoms in total. The second kappa shape index (κ2) is 23.7. The first kappa shape index (κ1) is 53.0. The minimum absolute atomic E-state index is 0.0625. The van der Waals surface area contributed by atoms with E-state index in [0.717, 1.165) is 30.6 Å².